The van der Waals surface area contributed by atoms with E-state index in [9.17, 15) is 9.59 Å². The molecule has 0 fully saturated rings. The molecule has 122 valence electrons. The second-order valence-corrected chi connectivity index (χ2v) is 5.93. The van der Waals surface area contributed by atoms with Gasteiger partial charge < -0.3 is 10.6 Å². The Morgan fingerprint density at radius 3 is 2.70 bits per heavy atom. The maximum atomic E-state index is 11.7. The van der Waals surface area contributed by atoms with E-state index in [1.807, 2.05) is 26.0 Å². The summed E-state index contributed by atoms with van der Waals surface area (Å²) in [6.07, 6.45) is 3.33. The zero-order valence-corrected chi connectivity index (χ0v) is 13.7. The van der Waals surface area contributed by atoms with Crippen molar-refractivity contribution in [3.63, 3.8) is 0 Å². The molecule has 2 amide bonds. The number of carbonyl (C=O) groups is 2. The molecular weight excluding hydrogens is 316 g/mol. The molecule has 8 nitrogen and oxygen atoms in total. The Morgan fingerprint density at radius 2 is 2.00 bits per heavy atom. The Hall–Kier alpha value is -2.42. The van der Waals surface area contributed by atoms with Gasteiger partial charge in [-0.1, -0.05) is 11.8 Å². The molecule has 9 heteroatoms. The van der Waals surface area contributed by atoms with Crippen molar-refractivity contribution in [3.8, 4) is 11.4 Å². The standard InChI is InChI=1S/C14H18N6O2S/c1-9(2)17-11(21)7-16-12(22)8-23-14-18-13(19-20-14)10-3-5-15-6-4-10/h3-6,9H,7-8H2,1-2H3,(H,16,22)(H,17,21)(H,18,19,20). The number of hydrogen-bond acceptors (Lipinski definition) is 6. The monoisotopic (exact) mass is 334 g/mol. The third kappa shape index (κ3) is 5.70. The highest BCUT2D eigenvalue weighted by atomic mass is 32.2. The molecule has 0 radical (unpaired) electrons. The molecule has 3 N–H and O–H groups in total. The lowest BCUT2D eigenvalue weighted by atomic mass is 10.3. The summed E-state index contributed by atoms with van der Waals surface area (Å²) in [5.41, 5.74) is 0.870. The van der Waals surface area contributed by atoms with Crippen molar-refractivity contribution >= 4 is 23.6 Å². The summed E-state index contributed by atoms with van der Waals surface area (Å²) in [6.45, 7) is 3.69. The number of aromatic nitrogens is 4. The van der Waals surface area contributed by atoms with Gasteiger partial charge in [-0.15, -0.1) is 5.10 Å². The molecule has 2 aromatic heterocycles. The summed E-state index contributed by atoms with van der Waals surface area (Å²) < 4.78 is 0. The van der Waals surface area contributed by atoms with Crippen molar-refractivity contribution in [1.82, 2.24) is 30.8 Å². The van der Waals surface area contributed by atoms with Crippen LogP contribution in [0.4, 0.5) is 0 Å². The first-order chi connectivity index (χ1) is 11.0. The Kier molecular flexibility index (Phi) is 6.10. The average Bonchev–Trinajstić information content (AvgIpc) is 3.00. The van der Waals surface area contributed by atoms with Gasteiger partial charge in [-0.25, -0.2) is 4.98 Å². The van der Waals surface area contributed by atoms with Gasteiger partial charge in [0, 0.05) is 24.0 Å². The smallest absolute Gasteiger partial charge is 0.239 e. The molecule has 23 heavy (non-hydrogen) atoms. The van der Waals surface area contributed by atoms with Gasteiger partial charge in [-0.2, -0.15) is 0 Å². The van der Waals surface area contributed by atoms with E-state index in [0.29, 0.717) is 11.0 Å². The first-order valence-corrected chi connectivity index (χ1v) is 8.05. The van der Waals surface area contributed by atoms with Crippen molar-refractivity contribution in [1.29, 1.82) is 0 Å². The highest BCUT2D eigenvalue weighted by Gasteiger charge is 2.10. The van der Waals surface area contributed by atoms with E-state index in [0.717, 1.165) is 5.56 Å². The van der Waals surface area contributed by atoms with Crippen molar-refractivity contribution < 1.29 is 9.59 Å². The SMILES string of the molecule is CC(C)NC(=O)CNC(=O)CSc1n[nH]c(-c2ccncc2)n1. The molecule has 0 spiro atoms. The van der Waals surface area contributed by atoms with Gasteiger partial charge in [0.05, 0.1) is 12.3 Å². The summed E-state index contributed by atoms with van der Waals surface area (Å²) in [7, 11) is 0. The largest absolute Gasteiger partial charge is 0.352 e. The van der Waals surface area contributed by atoms with Crippen LogP contribution in [0.1, 0.15) is 13.8 Å². The van der Waals surface area contributed by atoms with E-state index in [1.54, 1.807) is 12.4 Å². The molecule has 0 bridgehead atoms. The Bertz CT molecular complexity index is 658. The normalized spacial score (nSPS) is 10.6. The highest BCUT2D eigenvalue weighted by molar-refractivity contribution is 7.99. The van der Waals surface area contributed by atoms with Crippen LogP contribution >= 0.6 is 11.8 Å². The number of hydrogen-bond donors (Lipinski definition) is 3. The Balaban J connectivity index is 1.77. The lowest BCUT2D eigenvalue weighted by Crippen LogP contribution is -2.40. The molecule has 0 unspecified atom stereocenters. The quantitative estimate of drug-likeness (QED) is 0.639. The number of amides is 2. The maximum Gasteiger partial charge on any atom is 0.239 e. The van der Waals surface area contributed by atoms with Gasteiger partial charge in [-0.3, -0.25) is 19.7 Å². The van der Waals surface area contributed by atoms with Crippen LogP contribution in [0.5, 0.6) is 0 Å². The molecule has 2 aromatic rings. The molecule has 0 saturated carbocycles. The van der Waals surface area contributed by atoms with E-state index >= 15 is 0 Å². The molecule has 2 rings (SSSR count). The number of rotatable bonds is 7. The van der Waals surface area contributed by atoms with Crippen molar-refractivity contribution in [2.24, 2.45) is 0 Å². The van der Waals surface area contributed by atoms with Crippen LogP contribution in [-0.2, 0) is 9.59 Å². The Morgan fingerprint density at radius 1 is 1.26 bits per heavy atom. The van der Waals surface area contributed by atoms with E-state index < -0.39 is 0 Å². The number of aromatic amines is 1. The minimum Gasteiger partial charge on any atom is -0.352 e. The molecular formula is C14H18N6O2S. The molecule has 0 aliphatic carbocycles. The second kappa shape index (κ2) is 8.28. The molecule has 0 aliphatic rings. The molecule has 0 saturated heterocycles. The zero-order valence-electron chi connectivity index (χ0n) is 12.9. The number of H-pyrrole nitrogens is 1. The molecule has 0 aromatic carbocycles. The summed E-state index contributed by atoms with van der Waals surface area (Å²) >= 11 is 1.20. The van der Waals surface area contributed by atoms with E-state index in [1.165, 1.54) is 11.8 Å². The molecule has 0 atom stereocenters. The average molecular weight is 334 g/mol. The first kappa shape index (κ1) is 16.9. The van der Waals surface area contributed by atoms with Crippen LogP contribution in [0.25, 0.3) is 11.4 Å². The topological polar surface area (TPSA) is 113 Å². The summed E-state index contributed by atoms with van der Waals surface area (Å²) in [6, 6.07) is 3.68. The summed E-state index contributed by atoms with van der Waals surface area (Å²) in [5, 5.41) is 12.6. The molecule has 2 heterocycles. The van der Waals surface area contributed by atoms with E-state index in [-0.39, 0.29) is 30.2 Å². The van der Waals surface area contributed by atoms with Gasteiger partial charge in [0.25, 0.3) is 0 Å². The molecule has 0 aliphatic heterocycles. The van der Waals surface area contributed by atoms with Crippen molar-refractivity contribution in [3.05, 3.63) is 24.5 Å². The van der Waals surface area contributed by atoms with Crippen molar-refractivity contribution in [2.75, 3.05) is 12.3 Å². The van der Waals surface area contributed by atoms with Gasteiger partial charge in [0.15, 0.2) is 5.82 Å². The van der Waals surface area contributed by atoms with Gasteiger partial charge in [0.2, 0.25) is 17.0 Å². The number of carbonyl (C=O) groups excluding carboxylic acids is 2. The summed E-state index contributed by atoms with van der Waals surface area (Å²) in [4.78, 5) is 31.4. The number of pyridine rings is 1. The number of thioether (sulfide) groups is 1. The van der Waals surface area contributed by atoms with Crippen molar-refractivity contribution in [2.45, 2.75) is 25.0 Å². The van der Waals surface area contributed by atoms with Crippen LogP contribution in [0, 0.1) is 0 Å². The van der Waals surface area contributed by atoms with Gasteiger partial charge >= 0.3 is 0 Å². The third-order valence-corrected chi connectivity index (χ3v) is 3.49. The second-order valence-electron chi connectivity index (χ2n) is 4.99. The fourth-order valence-corrected chi connectivity index (χ4v) is 2.31. The third-order valence-electron chi connectivity index (χ3n) is 2.65. The predicted octanol–water partition coefficient (Wildman–Crippen LogP) is 0.600. The van der Waals surface area contributed by atoms with Crippen LogP contribution in [0.15, 0.2) is 29.7 Å². The van der Waals surface area contributed by atoms with Crippen LogP contribution in [-0.4, -0.2) is 50.3 Å². The number of nitrogens with zero attached hydrogens (tertiary/aromatic N) is 3. The predicted molar refractivity (Wildman–Crippen MR) is 86.6 cm³/mol. The Labute approximate surface area is 137 Å². The summed E-state index contributed by atoms with van der Waals surface area (Å²) in [5.74, 6) is 0.301. The fourth-order valence-electron chi connectivity index (χ4n) is 1.68. The lowest BCUT2D eigenvalue weighted by molar-refractivity contribution is -0.125. The lowest BCUT2D eigenvalue weighted by Gasteiger charge is -2.08. The van der Waals surface area contributed by atoms with E-state index in [4.69, 9.17) is 0 Å². The van der Waals surface area contributed by atoms with Crippen LogP contribution in [0.2, 0.25) is 0 Å². The fraction of sp³-hybridized carbons (Fsp3) is 0.357. The van der Waals surface area contributed by atoms with Crippen LogP contribution in [0.3, 0.4) is 0 Å². The van der Waals surface area contributed by atoms with E-state index in [2.05, 4.69) is 30.8 Å². The zero-order chi connectivity index (χ0) is 16.7. The van der Waals surface area contributed by atoms with Gasteiger partial charge in [0.1, 0.15) is 0 Å². The van der Waals surface area contributed by atoms with Crippen LogP contribution < -0.4 is 10.6 Å². The minimum absolute atomic E-state index is 0.0339. The van der Waals surface area contributed by atoms with Gasteiger partial charge in [-0.05, 0) is 26.0 Å². The number of nitrogens with one attached hydrogen (secondary N) is 3. The first-order valence-electron chi connectivity index (χ1n) is 7.06. The maximum absolute atomic E-state index is 11.7. The minimum atomic E-state index is -0.246. The highest BCUT2D eigenvalue weighted by Crippen LogP contribution is 2.17.